The molecule has 0 spiro atoms. The zero-order valence-corrected chi connectivity index (χ0v) is 10.5. The maximum atomic E-state index is 12.3. The number of likely N-dealkylation sites (tertiary alicyclic amines) is 1. The minimum Gasteiger partial charge on any atom is -0.342 e. The normalized spacial score (nSPS) is 34.1. The van der Waals surface area contributed by atoms with Crippen LogP contribution in [0.15, 0.2) is 0 Å². The number of hydrogen-bond acceptors (Lipinski definition) is 2. The van der Waals surface area contributed by atoms with Crippen LogP contribution in [-0.4, -0.2) is 29.9 Å². The van der Waals surface area contributed by atoms with Crippen LogP contribution < -0.4 is 5.73 Å². The van der Waals surface area contributed by atoms with Gasteiger partial charge in [0.05, 0.1) is 0 Å². The Kier molecular flexibility index (Phi) is 3.24. The minimum absolute atomic E-state index is 0.212. The van der Waals surface area contributed by atoms with Gasteiger partial charge in [-0.25, -0.2) is 0 Å². The summed E-state index contributed by atoms with van der Waals surface area (Å²) in [5.74, 6) is 0.574. The smallest absolute Gasteiger partial charge is 0.225 e. The van der Waals surface area contributed by atoms with Crippen LogP contribution in [0.1, 0.15) is 46.0 Å². The lowest BCUT2D eigenvalue weighted by Crippen LogP contribution is -2.45. The van der Waals surface area contributed by atoms with Crippen LogP contribution in [0.25, 0.3) is 0 Å². The van der Waals surface area contributed by atoms with Crippen LogP contribution in [0.4, 0.5) is 0 Å². The summed E-state index contributed by atoms with van der Waals surface area (Å²) in [6.07, 6.45) is 5.30. The fourth-order valence-corrected chi connectivity index (χ4v) is 3.11. The molecule has 0 bridgehead atoms. The molecule has 2 N–H and O–H groups in total. The Bertz CT molecular complexity index is 275. The van der Waals surface area contributed by atoms with Gasteiger partial charge in [-0.05, 0) is 37.5 Å². The first-order valence-electron chi connectivity index (χ1n) is 6.52. The number of hydrogen-bond donors (Lipinski definition) is 1. The predicted molar refractivity (Wildman–Crippen MR) is 64.9 cm³/mol. The molecule has 3 heteroatoms. The highest BCUT2D eigenvalue weighted by molar-refractivity contribution is 5.79. The molecule has 0 radical (unpaired) electrons. The Morgan fingerprint density at radius 1 is 1.38 bits per heavy atom. The van der Waals surface area contributed by atoms with Gasteiger partial charge in [-0.1, -0.05) is 13.8 Å². The molecule has 3 nitrogen and oxygen atoms in total. The topological polar surface area (TPSA) is 46.3 Å². The summed E-state index contributed by atoms with van der Waals surface area (Å²) in [6.45, 7) is 6.39. The molecular weight excluding hydrogens is 200 g/mol. The van der Waals surface area contributed by atoms with Gasteiger partial charge in [0.2, 0.25) is 5.91 Å². The molecule has 92 valence electrons. The Balaban J connectivity index is 1.94. The number of carbonyl (C=O) groups excluding carboxylic acids is 1. The molecule has 16 heavy (non-hydrogen) atoms. The molecule has 0 aromatic carbocycles. The highest BCUT2D eigenvalue weighted by Gasteiger charge is 2.35. The second kappa shape index (κ2) is 4.36. The number of piperidine rings is 1. The fourth-order valence-electron chi connectivity index (χ4n) is 3.11. The van der Waals surface area contributed by atoms with Crippen LogP contribution in [0.2, 0.25) is 0 Å². The molecule has 1 aliphatic carbocycles. The van der Waals surface area contributed by atoms with Crippen molar-refractivity contribution in [1.29, 1.82) is 0 Å². The zero-order chi connectivity index (χ0) is 11.8. The predicted octanol–water partition coefficient (Wildman–Crippen LogP) is 1.76. The Morgan fingerprint density at radius 2 is 2.12 bits per heavy atom. The average molecular weight is 224 g/mol. The van der Waals surface area contributed by atoms with E-state index in [0.717, 1.165) is 38.8 Å². The van der Waals surface area contributed by atoms with Gasteiger partial charge in [0.1, 0.15) is 0 Å². The van der Waals surface area contributed by atoms with E-state index in [1.165, 1.54) is 6.42 Å². The van der Waals surface area contributed by atoms with Gasteiger partial charge in [0.15, 0.2) is 0 Å². The zero-order valence-electron chi connectivity index (χ0n) is 10.5. The van der Waals surface area contributed by atoms with E-state index in [1.807, 2.05) is 0 Å². The van der Waals surface area contributed by atoms with Crippen LogP contribution in [-0.2, 0) is 4.79 Å². The van der Waals surface area contributed by atoms with Crippen LogP contribution in [0, 0.1) is 11.3 Å². The molecular formula is C13H24N2O. The number of rotatable bonds is 1. The molecule has 0 aromatic heterocycles. The molecule has 2 aliphatic rings. The molecule has 1 saturated carbocycles. The molecule has 2 fully saturated rings. The Labute approximate surface area is 98.4 Å². The van der Waals surface area contributed by atoms with Gasteiger partial charge >= 0.3 is 0 Å². The van der Waals surface area contributed by atoms with Crippen LogP contribution >= 0.6 is 0 Å². The SMILES string of the molecule is CC1(C)CCCN(C(=O)C2CCC(N)C2)C1. The molecule has 1 amide bonds. The first-order chi connectivity index (χ1) is 7.48. The Morgan fingerprint density at radius 3 is 2.69 bits per heavy atom. The lowest BCUT2D eigenvalue weighted by molar-refractivity contribution is -0.138. The van der Waals surface area contributed by atoms with E-state index in [-0.39, 0.29) is 12.0 Å². The quantitative estimate of drug-likeness (QED) is 0.737. The molecule has 1 heterocycles. The Hall–Kier alpha value is -0.570. The molecule has 2 rings (SSSR count). The van der Waals surface area contributed by atoms with E-state index >= 15 is 0 Å². The molecule has 1 aliphatic heterocycles. The third kappa shape index (κ3) is 2.57. The van der Waals surface area contributed by atoms with Crippen molar-refractivity contribution in [3.63, 3.8) is 0 Å². The van der Waals surface area contributed by atoms with Gasteiger partial charge in [-0.15, -0.1) is 0 Å². The van der Waals surface area contributed by atoms with Crippen molar-refractivity contribution in [3.8, 4) is 0 Å². The third-order valence-electron chi connectivity index (χ3n) is 4.03. The molecule has 2 unspecified atom stereocenters. The monoisotopic (exact) mass is 224 g/mol. The van der Waals surface area contributed by atoms with Crippen molar-refractivity contribution in [2.24, 2.45) is 17.1 Å². The first kappa shape index (κ1) is 11.9. The number of carbonyl (C=O) groups is 1. The molecule has 0 aromatic rings. The lowest BCUT2D eigenvalue weighted by Gasteiger charge is -2.39. The van der Waals surface area contributed by atoms with E-state index < -0.39 is 0 Å². The van der Waals surface area contributed by atoms with Gasteiger partial charge in [-0.2, -0.15) is 0 Å². The van der Waals surface area contributed by atoms with E-state index in [9.17, 15) is 4.79 Å². The lowest BCUT2D eigenvalue weighted by atomic mass is 9.83. The maximum absolute atomic E-state index is 12.3. The van der Waals surface area contributed by atoms with Gasteiger partial charge in [-0.3, -0.25) is 4.79 Å². The largest absolute Gasteiger partial charge is 0.342 e. The van der Waals surface area contributed by atoms with Crippen molar-refractivity contribution >= 4 is 5.91 Å². The first-order valence-corrected chi connectivity index (χ1v) is 6.52. The van der Waals surface area contributed by atoms with Gasteiger partial charge in [0, 0.05) is 25.0 Å². The van der Waals surface area contributed by atoms with E-state index in [1.54, 1.807) is 0 Å². The van der Waals surface area contributed by atoms with Crippen LogP contribution in [0.3, 0.4) is 0 Å². The fraction of sp³-hybridized carbons (Fsp3) is 0.923. The van der Waals surface area contributed by atoms with Crippen molar-refractivity contribution in [1.82, 2.24) is 4.90 Å². The van der Waals surface area contributed by atoms with E-state index in [0.29, 0.717) is 11.3 Å². The standard InChI is InChI=1S/C13H24N2O/c1-13(2)6-3-7-15(9-13)12(16)10-4-5-11(14)8-10/h10-11H,3-9,14H2,1-2H3. The van der Waals surface area contributed by atoms with Gasteiger partial charge < -0.3 is 10.6 Å². The van der Waals surface area contributed by atoms with Gasteiger partial charge in [0.25, 0.3) is 0 Å². The van der Waals surface area contributed by atoms with Crippen molar-refractivity contribution in [2.75, 3.05) is 13.1 Å². The maximum Gasteiger partial charge on any atom is 0.225 e. The summed E-state index contributed by atoms with van der Waals surface area (Å²) >= 11 is 0. The average Bonchev–Trinajstić information content (AvgIpc) is 2.62. The molecule has 2 atom stereocenters. The highest BCUT2D eigenvalue weighted by atomic mass is 16.2. The summed E-state index contributed by atoms with van der Waals surface area (Å²) in [7, 11) is 0. The summed E-state index contributed by atoms with van der Waals surface area (Å²) in [5, 5.41) is 0. The van der Waals surface area contributed by atoms with E-state index in [2.05, 4.69) is 18.7 Å². The van der Waals surface area contributed by atoms with Crippen molar-refractivity contribution in [3.05, 3.63) is 0 Å². The van der Waals surface area contributed by atoms with Crippen LogP contribution in [0.5, 0.6) is 0 Å². The summed E-state index contributed by atoms with van der Waals surface area (Å²) in [4.78, 5) is 14.4. The van der Waals surface area contributed by atoms with E-state index in [4.69, 9.17) is 5.73 Å². The number of amides is 1. The number of nitrogens with two attached hydrogens (primary N) is 1. The molecule has 1 saturated heterocycles. The third-order valence-corrected chi connectivity index (χ3v) is 4.03. The van der Waals surface area contributed by atoms with Crippen molar-refractivity contribution < 1.29 is 4.79 Å². The highest BCUT2D eigenvalue weighted by Crippen LogP contribution is 2.32. The number of nitrogens with zero attached hydrogens (tertiary/aromatic N) is 1. The summed E-state index contributed by atoms with van der Waals surface area (Å²) < 4.78 is 0. The second-order valence-electron chi connectivity index (χ2n) is 6.30. The summed E-state index contributed by atoms with van der Waals surface area (Å²) in [5.41, 5.74) is 6.18. The second-order valence-corrected chi connectivity index (χ2v) is 6.30. The summed E-state index contributed by atoms with van der Waals surface area (Å²) in [6, 6.07) is 0.256. The van der Waals surface area contributed by atoms with Crippen molar-refractivity contribution in [2.45, 2.75) is 52.0 Å². The minimum atomic E-state index is 0.212.